The van der Waals surface area contributed by atoms with Gasteiger partial charge in [-0.25, -0.2) is 8.78 Å². The lowest BCUT2D eigenvalue weighted by Crippen LogP contribution is -2.12. The van der Waals surface area contributed by atoms with Gasteiger partial charge in [-0.15, -0.1) is 11.8 Å². The van der Waals surface area contributed by atoms with E-state index in [2.05, 4.69) is 0 Å². The van der Waals surface area contributed by atoms with Crippen LogP contribution in [-0.4, -0.2) is 11.5 Å². The smallest absolute Gasteiger partial charge is 0.145 e. The van der Waals surface area contributed by atoms with Crippen LogP contribution in [0.3, 0.4) is 0 Å². The topological polar surface area (TPSA) is 17.1 Å². The summed E-state index contributed by atoms with van der Waals surface area (Å²) in [6.45, 7) is 3.79. The molecule has 16 heavy (non-hydrogen) atoms. The van der Waals surface area contributed by atoms with Crippen molar-refractivity contribution in [3.8, 4) is 0 Å². The van der Waals surface area contributed by atoms with E-state index in [9.17, 15) is 13.6 Å². The third-order valence-corrected chi connectivity index (χ3v) is 3.50. The molecule has 1 atom stereocenters. The van der Waals surface area contributed by atoms with E-state index in [1.165, 1.54) is 12.1 Å². The quantitative estimate of drug-likeness (QED) is 0.735. The number of benzene rings is 1. The summed E-state index contributed by atoms with van der Waals surface area (Å²) in [6, 6.07) is 3.38. The Morgan fingerprint density at radius 2 is 2.12 bits per heavy atom. The van der Waals surface area contributed by atoms with Crippen LogP contribution in [0.4, 0.5) is 8.78 Å². The first kappa shape index (κ1) is 13.2. The number of hydrogen-bond donors (Lipinski definition) is 0. The molecule has 0 N–H and O–H groups in total. The normalized spacial score (nSPS) is 12.5. The summed E-state index contributed by atoms with van der Waals surface area (Å²) in [6.07, 6.45) is 0.783. The molecule has 0 bridgehead atoms. The monoisotopic (exact) mass is 244 g/mol. The Morgan fingerprint density at radius 1 is 1.44 bits per heavy atom. The Kier molecular flexibility index (Phi) is 4.93. The predicted molar refractivity (Wildman–Crippen MR) is 61.5 cm³/mol. The van der Waals surface area contributed by atoms with E-state index >= 15 is 0 Å². The molecule has 0 radical (unpaired) electrons. The van der Waals surface area contributed by atoms with Crippen LogP contribution in [0.2, 0.25) is 0 Å². The van der Waals surface area contributed by atoms with Gasteiger partial charge in [-0.3, -0.25) is 4.79 Å². The van der Waals surface area contributed by atoms with Crippen molar-refractivity contribution in [2.75, 3.05) is 5.75 Å². The van der Waals surface area contributed by atoms with E-state index in [-0.39, 0.29) is 17.5 Å². The molecule has 1 rings (SSSR count). The lowest BCUT2D eigenvalue weighted by molar-refractivity contribution is -0.119. The van der Waals surface area contributed by atoms with Gasteiger partial charge in [0.05, 0.1) is 5.75 Å². The zero-order valence-corrected chi connectivity index (χ0v) is 10.1. The molecule has 1 unspecified atom stereocenters. The van der Waals surface area contributed by atoms with Crippen molar-refractivity contribution < 1.29 is 13.6 Å². The molecule has 0 saturated heterocycles. The van der Waals surface area contributed by atoms with Crippen LogP contribution in [-0.2, 0) is 4.79 Å². The number of hydrogen-bond acceptors (Lipinski definition) is 2. The number of thioether (sulfide) groups is 1. The minimum absolute atomic E-state index is 0.00369. The molecule has 0 aromatic heterocycles. The fourth-order valence-corrected chi connectivity index (χ4v) is 2.05. The molecule has 1 aromatic carbocycles. The molecule has 0 aliphatic carbocycles. The third-order valence-electron chi connectivity index (χ3n) is 2.43. The Balaban J connectivity index is 2.58. The van der Waals surface area contributed by atoms with Gasteiger partial charge >= 0.3 is 0 Å². The van der Waals surface area contributed by atoms with E-state index in [1.54, 1.807) is 0 Å². The molecular formula is C12H14F2OS. The number of rotatable bonds is 5. The minimum atomic E-state index is -0.609. The number of carbonyl (C=O) groups is 1. The Hall–Kier alpha value is -0.900. The second kappa shape index (κ2) is 5.99. The van der Waals surface area contributed by atoms with Gasteiger partial charge in [-0.2, -0.15) is 0 Å². The predicted octanol–water partition coefficient (Wildman–Crippen LogP) is 3.67. The summed E-state index contributed by atoms with van der Waals surface area (Å²) in [4.78, 5) is 11.8. The van der Waals surface area contributed by atoms with Gasteiger partial charge in [0.1, 0.15) is 17.4 Å². The summed E-state index contributed by atoms with van der Waals surface area (Å²) < 4.78 is 25.8. The first-order chi connectivity index (χ1) is 7.54. The molecule has 0 saturated carbocycles. The lowest BCUT2D eigenvalue weighted by atomic mass is 10.1. The van der Waals surface area contributed by atoms with E-state index in [4.69, 9.17) is 0 Å². The van der Waals surface area contributed by atoms with Crippen molar-refractivity contribution in [3.05, 3.63) is 29.8 Å². The highest BCUT2D eigenvalue weighted by Crippen LogP contribution is 2.23. The maximum Gasteiger partial charge on any atom is 0.145 e. The third kappa shape index (κ3) is 3.59. The van der Waals surface area contributed by atoms with Gasteiger partial charge in [0.25, 0.3) is 0 Å². The zero-order valence-electron chi connectivity index (χ0n) is 9.30. The molecule has 0 fully saturated rings. The Bertz CT molecular complexity index is 379. The van der Waals surface area contributed by atoms with E-state index in [0.29, 0.717) is 4.90 Å². The number of Topliss-reactive ketones (excluding diaryl/α,β-unsaturated/α-hetero) is 1. The van der Waals surface area contributed by atoms with Crippen molar-refractivity contribution in [1.82, 2.24) is 0 Å². The van der Waals surface area contributed by atoms with Gasteiger partial charge in [-0.05, 0) is 18.6 Å². The molecule has 88 valence electrons. The number of carbonyl (C=O) groups excluding carboxylic acids is 1. The summed E-state index contributed by atoms with van der Waals surface area (Å²) in [5.74, 6) is -0.887. The standard InChI is InChI=1S/C12H14F2OS/c1-3-8(2)11(15)7-16-12-5-4-9(13)6-10(12)14/h4-6,8H,3,7H2,1-2H3. The van der Waals surface area contributed by atoms with Gasteiger partial charge in [0.2, 0.25) is 0 Å². The van der Waals surface area contributed by atoms with Crippen molar-refractivity contribution in [2.24, 2.45) is 5.92 Å². The van der Waals surface area contributed by atoms with Gasteiger partial charge < -0.3 is 0 Å². The number of halogens is 2. The Labute approximate surface area is 98.2 Å². The van der Waals surface area contributed by atoms with Crippen LogP contribution in [0.1, 0.15) is 20.3 Å². The lowest BCUT2D eigenvalue weighted by Gasteiger charge is -2.07. The Morgan fingerprint density at radius 3 is 2.69 bits per heavy atom. The summed E-state index contributed by atoms with van der Waals surface area (Å²) in [7, 11) is 0. The van der Waals surface area contributed by atoms with Crippen molar-refractivity contribution in [3.63, 3.8) is 0 Å². The van der Waals surface area contributed by atoms with Gasteiger partial charge in [0, 0.05) is 16.9 Å². The summed E-state index contributed by atoms with van der Waals surface area (Å²) >= 11 is 1.12. The minimum Gasteiger partial charge on any atom is -0.298 e. The molecule has 0 heterocycles. The van der Waals surface area contributed by atoms with Crippen LogP contribution in [0.5, 0.6) is 0 Å². The summed E-state index contributed by atoms with van der Waals surface area (Å²) in [5, 5.41) is 0. The molecule has 4 heteroatoms. The maximum absolute atomic E-state index is 13.2. The highest BCUT2D eigenvalue weighted by Gasteiger charge is 2.12. The highest BCUT2D eigenvalue weighted by molar-refractivity contribution is 8.00. The van der Waals surface area contributed by atoms with E-state index in [0.717, 1.165) is 24.2 Å². The molecule has 0 aliphatic heterocycles. The van der Waals surface area contributed by atoms with Gasteiger partial charge in [0.15, 0.2) is 0 Å². The fraction of sp³-hybridized carbons (Fsp3) is 0.417. The van der Waals surface area contributed by atoms with Crippen LogP contribution < -0.4 is 0 Å². The van der Waals surface area contributed by atoms with Crippen LogP contribution in [0.15, 0.2) is 23.1 Å². The molecule has 0 spiro atoms. The summed E-state index contributed by atoms with van der Waals surface area (Å²) in [5.41, 5.74) is 0. The number of ketones is 1. The van der Waals surface area contributed by atoms with Crippen molar-refractivity contribution in [2.45, 2.75) is 25.2 Å². The second-order valence-corrected chi connectivity index (χ2v) is 4.66. The highest BCUT2D eigenvalue weighted by atomic mass is 32.2. The van der Waals surface area contributed by atoms with Gasteiger partial charge in [-0.1, -0.05) is 13.8 Å². The van der Waals surface area contributed by atoms with Crippen LogP contribution >= 0.6 is 11.8 Å². The maximum atomic E-state index is 13.2. The average Bonchev–Trinajstić information content (AvgIpc) is 2.26. The molecule has 0 aliphatic rings. The van der Waals surface area contributed by atoms with Crippen molar-refractivity contribution >= 4 is 17.5 Å². The van der Waals surface area contributed by atoms with E-state index < -0.39 is 11.6 Å². The first-order valence-electron chi connectivity index (χ1n) is 5.15. The fourth-order valence-electron chi connectivity index (χ4n) is 1.11. The van der Waals surface area contributed by atoms with E-state index in [1.807, 2.05) is 13.8 Å². The molecule has 0 amide bonds. The van der Waals surface area contributed by atoms with Crippen molar-refractivity contribution in [1.29, 1.82) is 0 Å². The largest absolute Gasteiger partial charge is 0.298 e. The molecule has 1 nitrogen and oxygen atoms in total. The zero-order chi connectivity index (χ0) is 12.1. The van der Waals surface area contributed by atoms with Crippen LogP contribution in [0.25, 0.3) is 0 Å². The second-order valence-electron chi connectivity index (χ2n) is 3.64. The SMILES string of the molecule is CCC(C)C(=O)CSc1ccc(F)cc1F. The average molecular weight is 244 g/mol. The van der Waals surface area contributed by atoms with Crippen LogP contribution in [0, 0.1) is 17.6 Å². The molecule has 1 aromatic rings. The molecular weight excluding hydrogens is 230 g/mol. The first-order valence-corrected chi connectivity index (χ1v) is 6.13.